The van der Waals surface area contributed by atoms with E-state index in [0.717, 1.165) is 19.3 Å². The van der Waals surface area contributed by atoms with Gasteiger partial charge in [0.2, 0.25) is 17.6 Å². The Morgan fingerprint density at radius 2 is 2.13 bits per heavy atom. The average molecular weight is 315 g/mol. The molecule has 0 unspecified atom stereocenters. The van der Waals surface area contributed by atoms with Gasteiger partial charge in [-0.1, -0.05) is 17.3 Å². The Kier molecular flexibility index (Phi) is 4.50. The van der Waals surface area contributed by atoms with Crippen LogP contribution in [-0.2, 0) is 4.79 Å². The predicted octanol–water partition coefficient (Wildman–Crippen LogP) is 3.41. The standard InChI is InChI=1S/C17H18FN3O2/c1-11(19-16(22)13-5-3-2-4-6-13)17-20-15(21-23-17)12-7-9-14(18)10-8-12/h2-3,7-11,13H,4-6H2,1H3,(H,19,22)/t11-,13-/m0/s1. The Labute approximate surface area is 133 Å². The number of rotatable bonds is 4. The zero-order valence-corrected chi connectivity index (χ0v) is 12.8. The normalized spacial score (nSPS) is 18.6. The van der Waals surface area contributed by atoms with Gasteiger partial charge >= 0.3 is 0 Å². The molecule has 0 fully saturated rings. The highest BCUT2D eigenvalue weighted by Crippen LogP contribution is 2.21. The molecule has 0 saturated carbocycles. The molecule has 3 rings (SSSR count). The van der Waals surface area contributed by atoms with Crippen molar-refractivity contribution in [1.29, 1.82) is 0 Å². The van der Waals surface area contributed by atoms with Crippen LogP contribution in [0.2, 0.25) is 0 Å². The van der Waals surface area contributed by atoms with Crippen molar-refractivity contribution in [3.05, 3.63) is 48.1 Å². The lowest BCUT2D eigenvalue weighted by molar-refractivity contribution is -0.126. The second-order valence-corrected chi connectivity index (χ2v) is 5.67. The van der Waals surface area contributed by atoms with Crippen LogP contribution in [0.25, 0.3) is 11.4 Å². The number of aromatic nitrogens is 2. The predicted molar refractivity (Wildman–Crippen MR) is 82.7 cm³/mol. The lowest BCUT2D eigenvalue weighted by atomic mass is 9.93. The van der Waals surface area contributed by atoms with E-state index < -0.39 is 0 Å². The fourth-order valence-corrected chi connectivity index (χ4v) is 2.55. The van der Waals surface area contributed by atoms with Crippen LogP contribution in [0.1, 0.15) is 38.1 Å². The number of benzene rings is 1. The molecule has 5 nitrogen and oxygen atoms in total. The van der Waals surface area contributed by atoms with E-state index in [1.54, 1.807) is 19.1 Å². The Balaban J connectivity index is 1.66. The van der Waals surface area contributed by atoms with E-state index in [0.29, 0.717) is 17.3 Å². The smallest absolute Gasteiger partial charge is 0.249 e. The van der Waals surface area contributed by atoms with Crippen LogP contribution in [0.15, 0.2) is 40.9 Å². The summed E-state index contributed by atoms with van der Waals surface area (Å²) in [5.74, 6) is 0.399. The third-order valence-electron chi connectivity index (χ3n) is 3.91. The molecule has 2 aromatic rings. The van der Waals surface area contributed by atoms with Gasteiger partial charge in [0.05, 0.1) is 0 Å². The van der Waals surface area contributed by atoms with Crippen molar-refractivity contribution in [3.8, 4) is 11.4 Å². The molecule has 1 heterocycles. The van der Waals surface area contributed by atoms with Crippen molar-refractivity contribution in [2.75, 3.05) is 0 Å². The highest BCUT2D eigenvalue weighted by Gasteiger charge is 2.23. The second kappa shape index (κ2) is 6.73. The van der Waals surface area contributed by atoms with Gasteiger partial charge in [-0.3, -0.25) is 4.79 Å². The van der Waals surface area contributed by atoms with E-state index in [4.69, 9.17) is 4.52 Å². The summed E-state index contributed by atoms with van der Waals surface area (Å²) in [6.45, 7) is 1.80. The molecular weight excluding hydrogens is 297 g/mol. The van der Waals surface area contributed by atoms with Crippen LogP contribution >= 0.6 is 0 Å². The third-order valence-corrected chi connectivity index (χ3v) is 3.91. The first-order valence-corrected chi connectivity index (χ1v) is 7.68. The van der Waals surface area contributed by atoms with Gasteiger partial charge in [0.1, 0.15) is 11.9 Å². The number of halogens is 1. The highest BCUT2D eigenvalue weighted by molar-refractivity contribution is 5.79. The van der Waals surface area contributed by atoms with Crippen LogP contribution < -0.4 is 5.32 Å². The lowest BCUT2D eigenvalue weighted by Gasteiger charge is -2.19. The molecule has 1 aliphatic carbocycles. The third kappa shape index (κ3) is 3.64. The zero-order chi connectivity index (χ0) is 16.2. The van der Waals surface area contributed by atoms with Crippen LogP contribution in [-0.4, -0.2) is 16.0 Å². The number of amides is 1. The first-order valence-electron chi connectivity index (χ1n) is 7.68. The number of nitrogens with zero attached hydrogens (tertiary/aromatic N) is 2. The van der Waals surface area contributed by atoms with Gasteiger partial charge in [0.25, 0.3) is 0 Å². The van der Waals surface area contributed by atoms with E-state index in [2.05, 4.69) is 21.5 Å². The average Bonchev–Trinajstić information content (AvgIpc) is 3.06. The van der Waals surface area contributed by atoms with E-state index in [1.807, 2.05) is 6.08 Å². The molecule has 0 bridgehead atoms. The molecule has 120 valence electrons. The summed E-state index contributed by atoms with van der Waals surface area (Å²) < 4.78 is 18.2. The first kappa shape index (κ1) is 15.4. The van der Waals surface area contributed by atoms with E-state index >= 15 is 0 Å². The summed E-state index contributed by atoms with van der Waals surface area (Å²) in [4.78, 5) is 16.5. The Hall–Kier alpha value is -2.50. The Morgan fingerprint density at radius 3 is 2.83 bits per heavy atom. The molecule has 1 amide bonds. The Morgan fingerprint density at radius 1 is 1.35 bits per heavy atom. The molecule has 1 aromatic heterocycles. The van der Waals surface area contributed by atoms with Crippen molar-refractivity contribution in [3.63, 3.8) is 0 Å². The maximum Gasteiger partial charge on any atom is 0.249 e. The minimum Gasteiger partial charge on any atom is -0.344 e. The minimum absolute atomic E-state index is 0.00180. The number of allylic oxidation sites excluding steroid dienone is 2. The van der Waals surface area contributed by atoms with Crippen LogP contribution in [0.4, 0.5) is 4.39 Å². The van der Waals surface area contributed by atoms with Crippen LogP contribution in [0.5, 0.6) is 0 Å². The quantitative estimate of drug-likeness (QED) is 0.878. The molecule has 1 aromatic carbocycles. The molecule has 6 heteroatoms. The van der Waals surface area contributed by atoms with Crippen molar-refractivity contribution in [1.82, 2.24) is 15.5 Å². The molecule has 0 spiro atoms. The maximum atomic E-state index is 12.9. The van der Waals surface area contributed by atoms with Gasteiger partial charge in [-0.2, -0.15) is 4.98 Å². The lowest BCUT2D eigenvalue weighted by Crippen LogP contribution is -2.33. The fraction of sp³-hybridized carbons (Fsp3) is 0.353. The molecule has 1 N–H and O–H groups in total. The number of nitrogens with one attached hydrogen (secondary N) is 1. The molecule has 2 atom stereocenters. The zero-order valence-electron chi connectivity index (χ0n) is 12.8. The van der Waals surface area contributed by atoms with Gasteiger partial charge < -0.3 is 9.84 Å². The second-order valence-electron chi connectivity index (χ2n) is 5.67. The highest BCUT2D eigenvalue weighted by atomic mass is 19.1. The molecular formula is C17H18FN3O2. The van der Waals surface area contributed by atoms with Crippen molar-refractivity contribution in [2.24, 2.45) is 5.92 Å². The number of hydrogen-bond donors (Lipinski definition) is 1. The van der Waals surface area contributed by atoms with Gasteiger partial charge in [-0.15, -0.1) is 0 Å². The number of carbonyl (C=O) groups is 1. The number of hydrogen-bond acceptors (Lipinski definition) is 4. The molecule has 23 heavy (non-hydrogen) atoms. The monoisotopic (exact) mass is 315 g/mol. The summed E-state index contributed by atoms with van der Waals surface area (Å²) in [5, 5.41) is 6.80. The molecule has 0 saturated heterocycles. The van der Waals surface area contributed by atoms with Crippen molar-refractivity contribution >= 4 is 5.91 Å². The fourth-order valence-electron chi connectivity index (χ4n) is 2.55. The van der Waals surface area contributed by atoms with Gasteiger partial charge in [-0.05, 0) is 50.5 Å². The van der Waals surface area contributed by atoms with Gasteiger partial charge in [0.15, 0.2) is 0 Å². The minimum atomic E-state index is -0.366. The van der Waals surface area contributed by atoms with Crippen LogP contribution in [0.3, 0.4) is 0 Å². The van der Waals surface area contributed by atoms with E-state index in [-0.39, 0.29) is 23.7 Å². The first-order chi connectivity index (χ1) is 11.1. The molecule has 0 radical (unpaired) electrons. The summed E-state index contributed by atoms with van der Waals surface area (Å²) >= 11 is 0. The van der Waals surface area contributed by atoms with Gasteiger partial charge in [0, 0.05) is 11.5 Å². The van der Waals surface area contributed by atoms with Crippen molar-refractivity contribution < 1.29 is 13.7 Å². The summed E-state index contributed by atoms with van der Waals surface area (Å²) in [7, 11) is 0. The summed E-state index contributed by atoms with van der Waals surface area (Å²) in [5.41, 5.74) is 0.664. The Bertz CT molecular complexity index is 709. The van der Waals surface area contributed by atoms with E-state index in [1.165, 1.54) is 12.1 Å². The van der Waals surface area contributed by atoms with Crippen molar-refractivity contribution in [2.45, 2.75) is 32.2 Å². The number of carbonyl (C=O) groups excluding carboxylic acids is 1. The largest absolute Gasteiger partial charge is 0.344 e. The van der Waals surface area contributed by atoms with Crippen LogP contribution in [0, 0.1) is 11.7 Å². The molecule has 1 aliphatic rings. The van der Waals surface area contributed by atoms with Gasteiger partial charge in [-0.25, -0.2) is 4.39 Å². The topological polar surface area (TPSA) is 68.0 Å². The summed E-state index contributed by atoms with van der Waals surface area (Å²) in [6, 6.07) is 5.49. The summed E-state index contributed by atoms with van der Waals surface area (Å²) in [6.07, 6.45) is 6.70. The maximum absolute atomic E-state index is 12.9. The SMILES string of the molecule is C[C@H](NC(=O)[C@H]1CC=CCC1)c1nc(-c2ccc(F)cc2)no1. The molecule has 0 aliphatic heterocycles. The van der Waals surface area contributed by atoms with E-state index in [9.17, 15) is 9.18 Å².